The largest absolute Gasteiger partial charge is 0.504 e. The molecule has 1 aliphatic carbocycles. The second kappa shape index (κ2) is 5.82. The van der Waals surface area contributed by atoms with E-state index in [0.717, 1.165) is 13.0 Å². The number of ether oxygens (including phenoxy) is 1. The minimum absolute atomic E-state index is 0.159. The quantitative estimate of drug-likeness (QED) is 0.925. The van der Waals surface area contributed by atoms with Crippen molar-refractivity contribution in [1.29, 1.82) is 0 Å². The Morgan fingerprint density at radius 2 is 1.92 bits per heavy atom. The summed E-state index contributed by atoms with van der Waals surface area (Å²) in [6.07, 6.45) is 4.69. The summed E-state index contributed by atoms with van der Waals surface area (Å²) in [7, 11) is 3.84. The first-order valence-corrected chi connectivity index (χ1v) is 8.81. The minimum Gasteiger partial charge on any atom is -0.504 e. The van der Waals surface area contributed by atoms with Crippen LogP contribution in [0.3, 0.4) is 0 Å². The van der Waals surface area contributed by atoms with Gasteiger partial charge in [0, 0.05) is 18.0 Å². The molecule has 3 heteroatoms. The van der Waals surface area contributed by atoms with Crippen LogP contribution in [-0.2, 0) is 11.8 Å². The predicted octanol–water partition coefficient (Wildman–Crippen LogP) is 4.05. The number of nitrogens with zero attached hydrogens (tertiary/aromatic N) is 1. The van der Waals surface area contributed by atoms with Crippen molar-refractivity contribution in [3.8, 4) is 11.5 Å². The first kappa shape index (κ1) is 15.5. The number of aromatic hydroxyl groups is 1. The van der Waals surface area contributed by atoms with E-state index >= 15 is 0 Å². The van der Waals surface area contributed by atoms with Gasteiger partial charge in [-0.15, -0.1) is 0 Å². The van der Waals surface area contributed by atoms with E-state index in [4.69, 9.17) is 4.74 Å². The Morgan fingerprint density at radius 1 is 1.17 bits per heavy atom. The second-order valence-electron chi connectivity index (χ2n) is 7.23. The third kappa shape index (κ3) is 2.22. The van der Waals surface area contributed by atoms with E-state index in [1.165, 1.54) is 36.0 Å². The second-order valence-corrected chi connectivity index (χ2v) is 7.23. The molecule has 2 aromatic carbocycles. The van der Waals surface area contributed by atoms with E-state index in [2.05, 4.69) is 42.3 Å². The number of hydrogen-bond acceptors (Lipinski definition) is 3. The normalized spacial score (nSPS) is 22.5. The van der Waals surface area contributed by atoms with Crippen LogP contribution in [0.1, 0.15) is 42.0 Å². The number of fused-ring (bicyclic) bond motifs is 1. The topological polar surface area (TPSA) is 32.7 Å². The lowest BCUT2D eigenvalue weighted by atomic mass is 9.57. The summed E-state index contributed by atoms with van der Waals surface area (Å²) in [4.78, 5) is 2.47. The number of methoxy groups -OCH3 is 1. The highest BCUT2D eigenvalue weighted by atomic mass is 16.5. The van der Waals surface area contributed by atoms with Crippen LogP contribution in [0.5, 0.6) is 11.5 Å². The molecule has 0 saturated heterocycles. The Bertz CT molecular complexity index is 737. The van der Waals surface area contributed by atoms with Gasteiger partial charge in [0.15, 0.2) is 11.5 Å². The number of rotatable bonds is 3. The molecule has 126 valence electrons. The smallest absolute Gasteiger partial charge is 0.160 e. The summed E-state index contributed by atoms with van der Waals surface area (Å²) in [5.41, 5.74) is 4.17. The van der Waals surface area contributed by atoms with Crippen molar-refractivity contribution in [3.05, 3.63) is 59.2 Å². The number of benzene rings is 2. The zero-order chi connectivity index (χ0) is 16.7. The maximum atomic E-state index is 10.4. The molecule has 4 rings (SSSR count). The lowest BCUT2D eigenvalue weighted by Crippen LogP contribution is -2.49. The Hall–Kier alpha value is -2.00. The zero-order valence-electron chi connectivity index (χ0n) is 14.5. The Kier molecular flexibility index (Phi) is 3.76. The summed E-state index contributed by atoms with van der Waals surface area (Å²) in [6.45, 7) is 1.04. The maximum Gasteiger partial charge on any atom is 0.160 e. The predicted molar refractivity (Wildman–Crippen MR) is 95.7 cm³/mol. The molecule has 0 aromatic heterocycles. The summed E-state index contributed by atoms with van der Waals surface area (Å²) in [5, 5.41) is 10.4. The monoisotopic (exact) mass is 323 g/mol. The minimum atomic E-state index is 0.159. The molecule has 1 aliphatic heterocycles. The lowest BCUT2D eigenvalue weighted by Gasteiger charge is -2.53. The van der Waals surface area contributed by atoms with Crippen LogP contribution in [0.25, 0.3) is 0 Å². The first-order chi connectivity index (χ1) is 11.7. The van der Waals surface area contributed by atoms with E-state index in [1.807, 2.05) is 12.1 Å². The van der Waals surface area contributed by atoms with Crippen molar-refractivity contribution in [3.63, 3.8) is 0 Å². The molecule has 3 nitrogen and oxygen atoms in total. The molecular weight excluding hydrogens is 298 g/mol. The summed E-state index contributed by atoms with van der Waals surface area (Å²) >= 11 is 0. The van der Waals surface area contributed by atoms with Crippen LogP contribution in [0.2, 0.25) is 0 Å². The van der Waals surface area contributed by atoms with Gasteiger partial charge < -0.3 is 9.84 Å². The summed E-state index contributed by atoms with van der Waals surface area (Å²) in [5.74, 6) is 0.832. The van der Waals surface area contributed by atoms with E-state index < -0.39 is 0 Å². The molecule has 1 atom stereocenters. The van der Waals surface area contributed by atoms with Gasteiger partial charge in [0.2, 0.25) is 0 Å². The number of phenolic OH excluding ortho intramolecular Hbond substituents is 1. The van der Waals surface area contributed by atoms with Crippen LogP contribution in [-0.4, -0.2) is 30.7 Å². The molecule has 1 N–H and O–H groups in total. The molecular formula is C21H25NO2. The molecule has 1 fully saturated rings. The highest BCUT2D eigenvalue weighted by Gasteiger charge is 2.49. The van der Waals surface area contributed by atoms with Crippen LogP contribution in [0.15, 0.2) is 42.5 Å². The highest BCUT2D eigenvalue weighted by Crippen LogP contribution is 2.56. The third-order valence-electron chi connectivity index (χ3n) is 6.03. The van der Waals surface area contributed by atoms with Gasteiger partial charge in [-0.05, 0) is 55.1 Å². The summed E-state index contributed by atoms with van der Waals surface area (Å²) in [6, 6.07) is 15.2. The van der Waals surface area contributed by atoms with Gasteiger partial charge in [-0.25, -0.2) is 0 Å². The number of phenols is 1. The average molecular weight is 323 g/mol. The number of hydrogen-bond donors (Lipinski definition) is 1. The van der Waals surface area contributed by atoms with Crippen LogP contribution in [0.4, 0.5) is 0 Å². The van der Waals surface area contributed by atoms with Gasteiger partial charge in [0.05, 0.1) is 7.11 Å². The van der Waals surface area contributed by atoms with Gasteiger partial charge in [-0.1, -0.05) is 36.8 Å². The molecule has 1 unspecified atom stereocenters. The fraction of sp³-hybridized carbons (Fsp3) is 0.429. The molecule has 0 bridgehead atoms. The van der Waals surface area contributed by atoms with E-state index in [-0.39, 0.29) is 11.2 Å². The van der Waals surface area contributed by atoms with Gasteiger partial charge in [-0.3, -0.25) is 4.90 Å². The van der Waals surface area contributed by atoms with Crippen molar-refractivity contribution in [2.24, 2.45) is 0 Å². The average Bonchev–Trinajstić information content (AvgIpc) is 2.56. The van der Waals surface area contributed by atoms with Crippen molar-refractivity contribution in [2.45, 2.75) is 37.1 Å². The number of likely N-dealkylation sites (N-methyl/N-ethyl adjacent to an activating group) is 1. The van der Waals surface area contributed by atoms with Gasteiger partial charge in [0.25, 0.3) is 0 Å². The SMILES string of the molecule is COc1cc2c(cc1O)C(C1(c3ccccc3)CCC1)N(C)CC2. The third-order valence-corrected chi connectivity index (χ3v) is 6.03. The zero-order valence-corrected chi connectivity index (χ0v) is 14.5. The fourth-order valence-electron chi connectivity index (χ4n) is 4.69. The molecule has 0 amide bonds. The molecule has 2 aliphatic rings. The highest BCUT2D eigenvalue weighted by molar-refractivity contribution is 5.51. The summed E-state index contributed by atoms with van der Waals surface area (Å²) < 4.78 is 5.32. The van der Waals surface area contributed by atoms with E-state index in [0.29, 0.717) is 11.8 Å². The first-order valence-electron chi connectivity index (χ1n) is 8.81. The van der Waals surface area contributed by atoms with Gasteiger partial charge >= 0.3 is 0 Å². The molecule has 2 aromatic rings. The van der Waals surface area contributed by atoms with Crippen LogP contribution < -0.4 is 4.74 Å². The van der Waals surface area contributed by atoms with Crippen molar-refractivity contribution in [1.82, 2.24) is 4.90 Å². The van der Waals surface area contributed by atoms with Crippen molar-refractivity contribution >= 4 is 0 Å². The molecule has 1 saturated carbocycles. The molecule has 24 heavy (non-hydrogen) atoms. The fourth-order valence-corrected chi connectivity index (χ4v) is 4.69. The standard InChI is InChI=1S/C21H25NO2/c1-22-12-9-15-13-19(24-2)18(23)14-17(15)20(22)21(10-6-11-21)16-7-4-3-5-8-16/h3-5,7-8,13-14,20,23H,6,9-12H2,1-2H3. The Balaban J connectivity index is 1.85. The molecule has 1 heterocycles. The van der Waals surface area contributed by atoms with Crippen LogP contribution in [0, 0.1) is 0 Å². The molecule has 0 radical (unpaired) electrons. The van der Waals surface area contributed by atoms with Crippen LogP contribution >= 0.6 is 0 Å². The van der Waals surface area contributed by atoms with Gasteiger partial charge in [0.1, 0.15) is 0 Å². The van der Waals surface area contributed by atoms with Crippen molar-refractivity contribution < 1.29 is 9.84 Å². The van der Waals surface area contributed by atoms with Crippen molar-refractivity contribution in [2.75, 3.05) is 20.7 Å². The Labute approximate surface area is 143 Å². The van der Waals surface area contributed by atoms with E-state index in [1.54, 1.807) is 7.11 Å². The van der Waals surface area contributed by atoms with E-state index in [9.17, 15) is 5.11 Å². The Morgan fingerprint density at radius 3 is 2.54 bits per heavy atom. The lowest BCUT2D eigenvalue weighted by molar-refractivity contribution is 0.0715. The maximum absolute atomic E-state index is 10.4. The van der Waals surface area contributed by atoms with Gasteiger partial charge in [-0.2, -0.15) is 0 Å². The molecule has 0 spiro atoms.